The monoisotopic (exact) mass is 384 g/mol. The molecule has 0 bridgehead atoms. The highest BCUT2D eigenvalue weighted by Gasteiger charge is 2.31. The summed E-state index contributed by atoms with van der Waals surface area (Å²) < 4.78 is 39.4. The maximum absolute atomic E-state index is 13.8. The summed E-state index contributed by atoms with van der Waals surface area (Å²) in [5, 5.41) is 2.79. The lowest BCUT2D eigenvalue weighted by atomic mass is 10.1. The average molecular weight is 385 g/mol. The molecule has 0 saturated heterocycles. The molecular formula is C17H18ClFN2O3S. The molecule has 1 N–H and O–H groups in total. The van der Waals surface area contributed by atoms with Gasteiger partial charge in [-0.2, -0.15) is 0 Å². The van der Waals surface area contributed by atoms with E-state index < -0.39 is 27.8 Å². The van der Waals surface area contributed by atoms with Gasteiger partial charge in [0.1, 0.15) is 11.9 Å². The third-order valence-corrected chi connectivity index (χ3v) is 4.94. The molecular weight excluding hydrogens is 367 g/mol. The predicted octanol–water partition coefficient (Wildman–Crippen LogP) is 3.66. The van der Waals surface area contributed by atoms with Gasteiger partial charge >= 0.3 is 0 Å². The van der Waals surface area contributed by atoms with Crippen LogP contribution in [0, 0.1) is 5.82 Å². The minimum Gasteiger partial charge on any atom is -0.322 e. The third-order valence-electron chi connectivity index (χ3n) is 3.52. The van der Waals surface area contributed by atoms with Gasteiger partial charge in [0.25, 0.3) is 0 Å². The summed E-state index contributed by atoms with van der Waals surface area (Å²) in [5.41, 5.74) is 0.260. The van der Waals surface area contributed by atoms with E-state index in [1.54, 1.807) is 31.2 Å². The van der Waals surface area contributed by atoms with Gasteiger partial charge in [0, 0.05) is 5.02 Å². The highest BCUT2D eigenvalue weighted by atomic mass is 35.5. The van der Waals surface area contributed by atoms with Crippen LogP contribution in [0.4, 0.5) is 15.8 Å². The summed E-state index contributed by atoms with van der Waals surface area (Å²) in [6.07, 6.45) is 1.20. The van der Waals surface area contributed by atoms with Crippen molar-refractivity contribution in [3.63, 3.8) is 0 Å². The Morgan fingerprint density at radius 1 is 1.24 bits per heavy atom. The maximum atomic E-state index is 13.8. The Hall–Kier alpha value is -2.12. The van der Waals surface area contributed by atoms with Crippen molar-refractivity contribution in [3.05, 3.63) is 59.4 Å². The van der Waals surface area contributed by atoms with E-state index in [9.17, 15) is 17.6 Å². The van der Waals surface area contributed by atoms with E-state index in [4.69, 9.17) is 11.6 Å². The molecule has 2 aromatic carbocycles. The lowest BCUT2D eigenvalue weighted by molar-refractivity contribution is -0.117. The van der Waals surface area contributed by atoms with Gasteiger partial charge in [0.15, 0.2) is 0 Å². The molecule has 134 valence electrons. The van der Waals surface area contributed by atoms with Crippen molar-refractivity contribution in [1.29, 1.82) is 0 Å². The van der Waals surface area contributed by atoms with Gasteiger partial charge in [-0.05, 0) is 36.8 Å². The third kappa shape index (κ3) is 4.70. The van der Waals surface area contributed by atoms with Crippen molar-refractivity contribution in [2.24, 2.45) is 0 Å². The second kappa shape index (κ2) is 7.84. The average Bonchev–Trinajstić information content (AvgIpc) is 2.53. The summed E-state index contributed by atoms with van der Waals surface area (Å²) in [7, 11) is -3.77. The van der Waals surface area contributed by atoms with Crippen molar-refractivity contribution < 1.29 is 17.6 Å². The molecule has 0 aliphatic rings. The van der Waals surface area contributed by atoms with Crippen LogP contribution in [0.2, 0.25) is 5.02 Å². The van der Waals surface area contributed by atoms with Crippen LogP contribution < -0.4 is 9.62 Å². The number of rotatable bonds is 6. The molecule has 0 aliphatic carbocycles. The number of carbonyl (C=O) groups excluding carboxylic acids is 1. The molecule has 1 atom stereocenters. The molecule has 0 fully saturated rings. The highest BCUT2D eigenvalue weighted by Crippen LogP contribution is 2.26. The molecule has 1 amide bonds. The molecule has 0 aromatic heterocycles. The molecule has 5 nitrogen and oxygen atoms in total. The number of amides is 1. The van der Waals surface area contributed by atoms with E-state index >= 15 is 0 Å². The van der Waals surface area contributed by atoms with Crippen molar-refractivity contribution in [2.45, 2.75) is 19.4 Å². The number of anilines is 2. The van der Waals surface area contributed by atoms with Gasteiger partial charge in [-0.15, -0.1) is 0 Å². The highest BCUT2D eigenvalue weighted by molar-refractivity contribution is 7.92. The van der Waals surface area contributed by atoms with E-state index in [1.807, 2.05) is 0 Å². The van der Waals surface area contributed by atoms with E-state index in [0.29, 0.717) is 5.02 Å². The molecule has 0 radical (unpaired) electrons. The first kappa shape index (κ1) is 19.2. The Morgan fingerprint density at radius 3 is 2.48 bits per heavy atom. The number of nitrogens with zero attached hydrogens (tertiary/aromatic N) is 1. The zero-order chi connectivity index (χ0) is 18.6. The lowest BCUT2D eigenvalue weighted by Crippen LogP contribution is -2.47. The number of sulfonamides is 1. The molecule has 0 saturated carbocycles. The number of halogens is 2. The summed E-state index contributed by atoms with van der Waals surface area (Å²) in [6, 6.07) is 10.8. The fourth-order valence-corrected chi connectivity index (χ4v) is 3.84. The molecule has 25 heavy (non-hydrogen) atoms. The van der Waals surface area contributed by atoms with Gasteiger partial charge in [-0.3, -0.25) is 9.10 Å². The molecule has 8 heteroatoms. The second-order valence-electron chi connectivity index (χ2n) is 5.43. The Kier molecular flexibility index (Phi) is 6.02. The van der Waals surface area contributed by atoms with E-state index in [1.165, 1.54) is 24.3 Å². The van der Waals surface area contributed by atoms with Crippen LogP contribution in [0.25, 0.3) is 0 Å². The normalized spacial score (nSPS) is 12.5. The second-order valence-corrected chi connectivity index (χ2v) is 7.73. The molecule has 0 spiro atoms. The fourth-order valence-electron chi connectivity index (χ4n) is 2.45. The summed E-state index contributed by atoms with van der Waals surface area (Å²) in [4.78, 5) is 12.6. The number of hydrogen-bond acceptors (Lipinski definition) is 3. The Labute approximate surface area is 151 Å². The quantitative estimate of drug-likeness (QED) is 0.826. The minimum absolute atomic E-state index is 0.00880. The lowest BCUT2D eigenvalue weighted by Gasteiger charge is -2.30. The zero-order valence-electron chi connectivity index (χ0n) is 13.7. The summed E-state index contributed by atoms with van der Waals surface area (Å²) in [6.45, 7) is 1.67. The first-order chi connectivity index (χ1) is 11.7. The van der Waals surface area contributed by atoms with E-state index in [0.717, 1.165) is 10.6 Å². The van der Waals surface area contributed by atoms with Crippen molar-refractivity contribution in [1.82, 2.24) is 0 Å². The van der Waals surface area contributed by atoms with Crippen LogP contribution in [-0.2, 0) is 14.8 Å². The van der Waals surface area contributed by atoms with E-state index in [2.05, 4.69) is 5.32 Å². The van der Waals surface area contributed by atoms with Crippen LogP contribution in [0.15, 0.2) is 48.5 Å². The summed E-state index contributed by atoms with van der Waals surface area (Å²) >= 11 is 5.95. The van der Waals surface area contributed by atoms with Crippen molar-refractivity contribution in [2.75, 3.05) is 15.9 Å². The van der Waals surface area contributed by atoms with Crippen LogP contribution in [0.3, 0.4) is 0 Å². The number of hydrogen-bond donors (Lipinski definition) is 1. The van der Waals surface area contributed by atoms with Gasteiger partial charge in [0.2, 0.25) is 15.9 Å². The number of carbonyl (C=O) groups is 1. The molecule has 0 heterocycles. The minimum atomic E-state index is -3.77. The van der Waals surface area contributed by atoms with Crippen LogP contribution in [0.5, 0.6) is 0 Å². The number of nitrogens with one attached hydrogen (secondary N) is 1. The Morgan fingerprint density at radius 2 is 1.92 bits per heavy atom. The molecule has 2 aromatic rings. The maximum Gasteiger partial charge on any atom is 0.248 e. The first-order valence-corrected chi connectivity index (χ1v) is 9.77. The van der Waals surface area contributed by atoms with Crippen molar-refractivity contribution in [3.8, 4) is 0 Å². The van der Waals surface area contributed by atoms with Gasteiger partial charge in [0.05, 0.1) is 17.6 Å². The summed E-state index contributed by atoms with van der Waals surface area (Å²) in [5.74, 6) is -1.22. The molecule has 0 unspecified atom stereocenters. The number of para-hydroxylation sites is 1. The van der Waals surface area contributed by atoms with Gasteiger partial charge in [-0.25, -0.2) is 12.8 Å². The van der Waals surface area contributed by atoms with Gasteiger partial charge in [-0.1, -0.05) is 36.7 Å². The van der Waals surface area contributed by atoms with Crippen LogP contribution >= 0.6 is 11.6 Å². The molecule has 2 rings (SSSR count). The zero-order valence-corrected chi connectivity index (χ0v) is 15.3. The smallest absolute Gasteiger partial charge is 0.248 e. The predicted molar refractivity (Wildman–Crippen MR) is 97.9 cm³/mol. The largest absolute Gasteiger partial charge is 0.322 e. The van der Waals surface area contributed by atoms with Crippen molar-refractivity contribution >= 4 is 38.9 Å². The topological polar surface area (TPSA) is 66.5 Å². The Balaban J connectivity index is 2.40. The SMILES string of the molecule is CC[C@H](C(=O)Nc1ccccc1F)N(c1cccc(Cl)c1)S(C)(=O)=O. The Bertz CT molecular complexity index is 874. The van der Waals surface area contributed by atoms with Gasteiger partial charge < -0.3 is 5.32 Å². The van der Waals surface area contributed by atoms with Crippen LogP contribution in [0.1, 0.15) is 13.3 Å². The fraction of sp³-hybridized carbons (Fsp3) is 0.235. The number of benzene rings is 2. The standard InChI is InChI=1S/C17H18ClFN2O3S/c1-3-16(17(22)20-15-10-5-4-9-14(15)19)21(25(2,23)24)13-8-6-7-12(18)11-13/h4-11,16H,3H2,1-2H3,(H,20,22)/t16-/m1/s1. The first-order valence-electron chi connectivity index (χ1n) is 7.54. The van der Waals surface area contributed by atoms with Crippen LogP contribution in [-0.4, -0.2) is 26.6 Å². The molecule has 0 aliphatic heterocycles. The van der Waals surface area contributed by atoms with E-state index in [-0.39, 0.29) is 17.8 Å².